The summed E-state index contributed by atoms with van der Waals surface area (Å²) in [6, 6.07) is 7.17. The summed E-state index contributed by atoms with van der Waals surface area (Å²) in [7, 11) is -4.73. The fraction of sp³-hybridized carbons (Fsp3) is 0.667. The first-order valence-corrected chi connectivity index (χ1v) is 17.2. The monoisotopic (exact) mass is 534 g/mol. The van der Waals surface area contributed by atoms with E-state index in [-0.39, 0.29) is 26.4 Å². The molecule has 0 N–H and O–H groups in total. The van der Waals surface area contributed by atoms with E-state index in [1.54, 1.807) is 39.8 Å². The Labute approximate surface area is 195 Å². The van der Waals surface area contributed by atoms with Gasteiger partial charge in [0.1, 0.15) is 0 Å². The summed E-state index contributed by atoms with van der Waals surface area (Å²) in [5.41, 5.74) is 0. The van der Waals surface area contributed by atoms with Gasteiger partial charge in [0.25, 0.3) is 0 Å². The molecule has 0 unspecified atom stereocenters. The Kier molecular flexibility index (Phi) is 9.14. The topological polar surface area (TPSA) is 73.8 Å². The van der Waals surface area contributed by atoms with Crippen molar-refractivity contribution < 1.29 is 35.8 Å². The average Bonchev–Trinajstić information content (AvgIpc) is 2.96. The summed E-state index contributed by atoms with van der Waals surface area (Å²) in [4.78, 5) is 0. The molecule has 31 heavy (non-hydrogen) atoms. The summed E-state index contributed by atoms with van der Waals surface area (Å²) in [5, 5.41) is -0.902. The van der Waals surface area contributed by atoms with Crippen LogP contribution in [0.15, 0.2) is 24.3 Å². The zero-order valence-electron chi connectivity index (χ0n) is 19.1. The van der Waals surface area contributed by atoms with Crippen molar-refractivity contribution in [2.45, 2.75) is 53.6 Å². The maximum atomic E-state index is 6.54. The number of rotatable bonds is 12. The molecule has 8 nitrogen and oxygen atoms in total. The molecule has 1 aromatic rings. The Morgan fingerprint density at radius 1 is 0.742 bits per heavy atom. The summed E-state index contributed by atoms with van der Waals surface area (Å²) in [6.07, 6.45) is 0. The minimum atomic E-state index is -4.73. The van der Waals surface area contributed by atoms with Crippen molar-refractivity contribution in [3.05, 3.63) is 24.3 Å². The van der Waals surface area contributed by atoms with E-state index >= 15 is 0 Å². The van der Waals surface area contributed by atoms with Gasteiger partial charge in [-0.25, -0.2) is 0 Å². The van der Waals surface area contributed by atoms with Crippen molar-refractivity contribution in [2.75, 3.05) is 26.4 Å². The molecule has 0 spiro atoms. The van der Waals surface area contributed by atoms with Crippen molar-refractivity contribution in [1.29, 1.82) is 0 Å². The summed E-state index contributed by atoms with van der Waals surface area (Å²) >= 11 is 11.4. The quantitative estimate of drug-likeness (QED) is 0.259. The van der Waals surface area contributed by atoms with Crippen molar-refractivity contribution in [2.24, 2.45) is 0 Å². The Bertz CT molecular complexity index is 779. The number of para-hydroxylation sites is 2. The SMILES string of the molecule is CCOP(=S)(OCC)OP1(OP(=S)(OCC)OCC)(C(C)(C)C)Oc2ccccc2O1. The van der Waals surface area contributed by atoms with E-state index in [9.17, 15) is 0 Å². The fourth-order valence-corrected chi connectivity index (χ4v) is 15.4. The average molecular weight is 535 g/mol. The van der Waals surface area contributed by atoms with Crippen LogP contribution in [-0.4, -0.2) is 31.6 Å². The molecule has 0 atom stereocenters. The predicted molar refractivity (Wildman–Crippen MR) is 132 cm³/mol. The molecule has 1 aromatic carbocycles. The zero-order valence-corrected chi connectivity index (χ0v) is 23.4. The van der Waals surface area contributed by atoms with E-state index in [1.165, 1.54) is 0 Å². The van der Waals surface area contributed by atoms with Crippen molar-refractivity contribution in [3.8, 4) is 11.5 Å². The van der Waals surface area contributed by atoms with Crippen LogP contribution in [0, 0.1) is 0 Å². The van der Waals surface area contributed by atoms with E-state index in [0.717, 1.165) is 0 Å². The molecule has 1 aliphatic heterocycles. The van der Waals surface area contributed by atoms with Gasteiger partial charge in [0.15, 0.2) is 0 Å². The van der Waals surface area contributed by atoms with Crippen LogP contribution in [0.1, 0.15) is 48.5 Å². The summed E-state index contributed by atoms with van der Waals surface area (Å²) < 4.78 is 49.2. The zero-order chi connectivity index (χ0) is 23.4. The van der Waals surface area contributed by atoms with Crippen LogP contribution in [0.4, 0.5) is 0 Å². The van der Waals surface area contributed by atoms with Gasteiger partial charge in [-0.1, -0.05) is 0 Å². The normalized spacial score (nSPS) is 19.0. The van der Waals surface area contributed by atoms with Crippen LogP contribution in [-0.2, 0) is 50.3 Å². The van der Waals surface area contributed by atoms with Crippen molar-refractivity contribution in [1.82, 2.24) is 0 Å². The van der Waals surface area contributed by atoms with E-state index in [0.29, 0.717) is 11.5 Å². The molecule has 13 heteroatoms. The Hall–Kier alpha value is 0.310. The molecule has 0 fully saturated rings. The molecule has 0 saturated heterocycles. The van der Waals surface area contributed by atoms with Gasteiger partial charge in [0.2, 0.25) is 0 Å². The minimum absolute atomic E-state index is 0.270. The first kappa shape index (κ1) is 27.6. The Morgan fingerprint density at radius 2 is 1.06 bits per heavy atom. The Balaban J connectivity index is 2.76. The van der Waals surface area contributed by atoms with Gasteiger partial charge >= 0.3 is 196 Å². The van der Waals surface area contributed by atoms with E-state index in [2.05, 4.69) is 0 Å². The summed E-state index contributed by atoms with van der Waals surface area (Å²) in [5.74, 6) is 0.887. The molecular formula is C18H33O8P3S2. The number of benzene rings is 1. The number of fused-ring (bicyclic) bond motifs is 1. The van der Waals surface area contributed by atoms with Gasteiger partial charge in [-0.2, -0.15) is 0 Å². The molecule has 0 saturated carbocycles. The van der Waals surface area contributed by atoms with Crippen molar-refractivity contribution >= 4 is 44.6 Å². The van der Waals surface area contributed by atoms with Gasteiger partial charge in [-0.05, 0) is 0 Å². The van der Waals surface area contributed by atoms with Gasteiger partial charge < -0.3 is 0 Å². The molecule has 0 aliphatic carbocycles. The third-order valence-electron chi connectivity index (χ3n) is 4.09. The summed E-state index contributed by atoms with van der Waals surface area (Å²) in [6.45, 7) is 7.15. The molecule has 0 bridgehead atoms. The van der Waals surface area contributed by atoms with Crippen LogP contribution in [0.2, 0.25) is 0 Å². The molecular weight excluding hydrogens is 501 g/mol. The second-order valence-corrected chi connectivity index (χ2v) is 17.5. The standard InChI is InChI=1S/C18H33O8P3S2/c1-8-19-27(30,20-9-2)25-29(18(5,6)7,26-28(31,21-10-3)22-11-4)23-16-14-12-13-15-17(16)24-29/h12-15H,8-11H2,1-7H3. The van der Waals surface area contributed by atoms with Gasteiger partial charge in [0, 0.05) is 0 Å². The molecule has 1 aliphatic rings. The van der Waals surface area contributed by atoms with Gasteiger partial charge in [0.05, 0.1) is 0 Å². The van der Waals surface area contributed by atoms with Crippen LogP contribution in [0.25, 0.3) is 0 Å². The molecule has 0 amide bonds. The van der Waals surface area contributed by atoms with E-state index in [1.807, 2.05) is 32.9 Å². The van der Waals surface area contributed by atoms with Crippen LogP contribution in [0.3, 0.4) is 0 Å². The number of hydrogen-bond acceptors (Lipinski definition) is 10. The third kappa shape index (κ3) is 5.70. The molecule has 1 heterocycles. The first-order chi connectivity index (χ1) is 14.4. The number of hydrogen-bond donors (Lipinski definition) is 0. The second-order valence-electron chi connectivity index (χ2n) is 7.34. The van der Waals surface area contributed by atoms with Crippen LogP contribution in [0.5, 0.6) is 11.5 Å². The second kappa shape index (κ2) is 10.3. The molecule has 0 aromatic heterocycles. The molecule has 2 rings (SSSR count). The molecule has 180 valence electrons. The van der Waals surface area contributed by atoms with E-state index in [4.69, 9.17) is 59.4 Å². The van der Waals surface area contributed by atoms with Crippen molar-refractivity contribution in [3.63, 3.8) is 0 Å². The fourth-order valence-electron chi connectivity index (χ4n) is 2.71. The van der Waals surface area contributed by atoms with Crippen LogP contribution >= 0.6 is 20.9 Å². The predicted octanol–water partition coefficient (Wildman–Crippen LogP) is 7.10. The first-order valence-electron chi connectivity index (χ1n) is 10.1. The molecule has 0 radical (unpaired) electrons. The van der Waals surface area contributed by atoms with Gasteiger partial charge in [-0.3, -0.25) is 0 Å². The van der Waals surface area contributed by atoms with Gasteiger partial charge in [-0.15, -0.1) is 0 Å². The maximum absolute atomic E-state index is 6.54. The third-order valence-corrected chi connectivity index (χ3v) is 15.9. The van der Waals surface area contributed by atoms with E-state index < -0.39 is 26.1 Å². The van der Waals surface area contributed by atoms with Crippen LogP contribution < -0.4 is 9.05 Å². The Morgan fingerprint density at radius 3 is 1.32 bits per heavy atom.